The number of amidine groups is 1. The molecule has 15 heavy (non-hydrogen) atoms. The Labute approximate surface area is 99.6 Å². The third kappa shape index (κ3) is 4.81. The summed E-state index contributed by atoms with van der Waals surface area (Å²) in [6, 6.07) is 0.992. The van der Waals surface area contributed by atoms with Gasteiger partial charge in [0.2, 0.25) is 5.96 Å². The maximum atomic E-state index is 7.95. The smallest absolute Gasteiger partial charge is 0.216 e. The molecule has 0 bridgehead atoms. The molecule has 0 spiro atoms. The van der Waals surface area contributed by atoms with Gasteiger partial charge in [-0.1, -0.05) is 30.3 Å². The first-order valence-corrected chi connectivity index (χ1v) is 4.13. The van der Waals surface area contributed by atoms with Crippen LogP contribution in [-0.4, -0.2) is 18.3 Å². The molecule has 0 aromatic heterocycles. The Balaban J connectivity index is 3.43. The number of hydrogen-bond acceptors (Lipinski definition) is 1. The molecule has 0 heterocycles. The zero-order chi connectivity index (χ0) is 17.3. The van der Waals surface area contributed by atoms with Crippen LogP contribution in [-0.2, 0) is 6.37 Å². The lowest BCUT2D eigenvalue weighted by molar-refractivity contribution is 0.962. The summed E-state index contributed by atoms with van der Waals surface area (Å²) >= 11 is 0. The van der Waals surface area contributed by atoms with Crippen molar-refractivity contribution in [3.63, 3.8) is 0 Å². The van der Waals surface area contributed by atoms with E-state index < -0.39 is 36.5 Å². The summed E-state index contributed by atoms with van der Waals surface area (Å²) in [5.74, 6) is -0.525. The fraction of sp³-hybridized carbons (Fsp3) is 0.273. The van der Waals surface area contributed by atoms with Gasteiger partial charge in [0, 0.05) is 9.24 Å². The Kier molecular flexibility index (Phi) is 1.85. The van der Waals surface area contributed by atoms with Crippen molar-refractivity contribution in [1.82, 2.24) is 0 Å². The van der Waals surface area contributed by atoms with Gasteiger partial charge in [-0.2, -0.15) is 0 Å². The van der Waals surface area contributed by atoms with Crippen molar-refractivity contribution in [2.24, 2.45) is 21.5 Å². The molecule has 0 radical (unpaired) electrons. The first-order valence-electron chi connectivity index (χ1n) is 7.63. The minimum absolute atomic E-state index is 0.0264. The van der Waals surface area contributed by atoms with Gasteiger partial charge in [0.15, 0.2) is 0 Å². The topological polar surface area (TPSA) is 76.8 Å². The Hall–Kier alpha value is -1.84. The Morgan fingerprint density at radius 2 is 2.13 bits per heavy atom. The Morgan fingerprint density at radius 1 is 1.47 bits per heavy atom. The Bertz CT molecular complexity index is 612. The van der Waals surface area contributed by atoms with Crippen LogP contribution in [0.2, 0.25) is 0 Å². The molecule has 0 aliphatic carbocycles. The number of guanidine groups is 1. The van der Waals surface area contributed by atoms with E-state index in [2.05, 4.69) is 9.98 Å². The van der Waals surface area contributed by atoms with Crippen LogP contribution in [0.1, 0.15) is 22.1 Å². The summed E-state index contributed by atoms with van der Waals surface area (Å²) in [7, 11) is 0. The number of hydrogen-bond donors (Lipinski definition) is 2. The molecule has 1 aromatic carbocycles. The van der Waals surface area contributed by atoms with E-state index in [0.717, 1.165) is 12.1 Å². The van der Waals surface area contributed by atoms with Gasteiger partial charge in [0.25, 0.3) is 0 Å². The zero-order valence-corrected chi connectivity index (χ0v) is 8.20. The minimum atomic E-state index is -2.88. The molecule has 0 saturated heterocycles. The molecule has 4 nitrogen and oxygen atoms in total. The van der Waals surface area contributed by atoms with E-state index in [1.54, 1.807) is 0 Å². The predicted octanol–water partition coefficient (Wildman–Crippen LogP) is 0.921. The number of aliphatic imine (C=N–C) groups is 2. The largest absolute Gasteiger partial charge is 0.387 e. The highest BCUT2D eigenvalue weighted by molar-refractivity contribution is 5.93. The van der Waals surface area contributed by atoms with E-state index in [-0.39, 0.29) is 11.9 Å². The number of rotatable bonds is 3. The number of nitrogens with two attached hydrogens (primary N) is 2. The molecule has 0 atom stereocenters. The van der Waals surface area contributed by atoms with Gasteiger partial charge in [-0.05, 0) is 18.9 Å². The van der Waals surface area contributed by atoms with Gasteiger partial charge in [-0.25, -0.2) is 4.99 Å². The zero-order valence-electron chi connectivity index (χ0n) is 15.2. The molecule has 1 rings (SSSR count). The number of nitrogens with zero attached hydrogens (tertiary/aromatic N) is 2. The highest BCUT2D eigenvalue weighted by Crippen LogP contribution is 1.99. The summed E-state index contributed by atoms with van der Waals surface area (Å²) in [6.07, 6.45) is -2.82. The first kappa shape index (κ1) is 4.79. The van der Waals surface area contributed by atoms with Crippen LogP contribution in [0.4, 0.5) is 0 Å². The standard InChI is InChI=1S/C11H16N4/c1-9(12)15-11(13)14-8-7-10-5-3-2-4-6-10/h2-6H,7-8H2,1H3,(H4,12,13,14,15)/i2D,5D,6D,7D2,8D2. The Morgan fingerprint density at radius 3 is 2.73 bits per heavy atom. The predicted molar refractivity (Wildman–Crippen MR) is 63.9 cm³/mol. The van der Waals surface area contributed by atoms with Crippen LogP contribution in [0.5, 0.6) is 0 Å². The lowest BCUT2D eigenvalue weighted by atomic mass is 10.2. The third-order valence-corrected chi connectivity index (χ3v) is 1.24. The second-order valence-corrected chi connectivity index (χ2v) is 2.58. The monoisotopic (exact) mass is 211 g/mol. The van der Waals surface area contributed by atoms with Crippen LogP contribution < -0.4 is 11.5 Å². The molecule has 0 aliphatic rings. The van der Waals surface area contributed by atoms with E-state index in [1.165, 1.54) is 6.92 Å². The van der Waals surface area contributed by atoms with E-state index in [9.17, 15) is 0 Å². The van der Waals surface area contributed by atoms with Crippen LogP contribution >= 0.6 is 0 Å². The van der Waals surface area contributed by atoms with Crippen molar-refractivity contribution in [3.05, 3.63) is 35.8 Å². The molecular weight excluding hydrogens is 188 g/mol. The molecule has 1 aromatic rings. The van der Waals surface area contributed by atoms with Gasteiger partial charge in [0.1, 0.15) is 0 Å². The molecule has 80 valence electrons. The molecule has 0 fully saturated rings. The van der Waals surface area contributed by atoms with Crippen molar-refractivity contribution >= 4 is 11.8 Å². The van der Waals surface area contributed by atoms with Gasteiger partial charge in [-0.15, -0.1) is 0 Å². The molecule has 4 heteroatoms. The fourth-order valence-corrected chi connectivity index (χ4v) is 0.730. The summed E-state index contributed by atoms with van der Waals surface area (Å²) in [5, 5.41) is 0. The van der Waals surface area contributed by atoms with Crippen molar-refractivity contribution in [2.45, 2.75) is 13.3 Å². The van der Waals surface area contributed by atoms with Gasteiger partial charge in [0.05, 0.1) is 12.7 Å². The van der Waals surface area contributed by atoms with Crippen molar-refractivity contribution in [2.75, 3.05) is 6.50 Å². The summed E-state index contributed by atoms with van der Waals surface area (Å²) < 4.78 is 54.3. The van der Waals surface area contributed by atoms with Gasteiger partial charge >= 0.3 is 0 Å². The van der Waals surface area contributed by atoms with Crippen molar-refractivity contribution in [3.8, 4) is 0 Å². The van der Waals surface area contributed by atoms with Gasteiger partial charge in [-0.3, -0.25) is 4.99 Å². The summed E-state index contributed by atoms with van der Waals surface area (Å²) in [5.41, 5.74) is 10.2. The lowest BCUT2D eigenvalue weighted by Crippen LogP contribution is -2.16. The highest BCUT2D eigenvalue weighted by atomic mass is 15.1. The van der Waals surface area contributed by atoms with E-state index in [4.69, 9.17) is 21.1 Å². The lowest BCUT2D eigenvalue weighted by Gasteiger charge is -1.97. The summed E-state index contributed by atoms with van der Waals surface area (Å²) in [4.78, 5) is 6.89. The van der Waals surface area contributed by atoms with E-state index in [1.807, 2.05) is 0 Å². The molecule has 0 amide bonds. The van der Waals surface area contributed by atoms with E-state index in [0.29, 0.717) is 0 Å². The maximum absolute atomic E-state index is 7.95. The molecule has 0 saturated carbocycles. The normalized spacial score (nSPS) is 21.5. The number of benzene rings is 1. The van der Waals surface area contributed by atoms with Crippen LogP contribution in [0.15, 0.2) is 40.2 Å². The second-order valence-electron chi connectivity index (χ2n) is 2.58. The first-order chi connectivity index (χ1) is 9.88. The fourth-order valence-electron chi connectivity index (χ4n) is 0.730. The van der Waals surface area contributed by atoms with Crippen LogP contribution in [0, 0.1) is 0 Å². The average molecular weight is 211 g/mol. The SMILES string of the molecule is [2H]c1cc([2H])c(C([2H])([2H])C([2H])([2H])N=C(N)N=C(C)N)c([2H])c1. The maximum Gasteiger partial charge on any atom is 0.216 e. The second kappa shape index (κ2) is 5.80. The van der Waals surface area contributed by atoms with Crippen LogP contribution in [0.25, 0.3) is 0 Å². The third-order valence-electron chi connectivity index (χ3n) is 1.24. The average Bonchev–Trinajstić information content (AvgIpc) is 2.23. The van der Waals surface area contributed by atoms with Crippen molar-refractivity contribution in [1.29, 1.82) is 0 Å². The van der Waals surface area contributed by atoms with Crippen molar-refractivity contribution < 1.29 is 9.60 Å². The quantitative estimate of drug-likeness (QED) is 0.576. The minimum Gasteiger partial charge on any atom is -0.387 e. The molecule has 0 unspecified atom stereocenters. The van der Waals surface area contributed by atoms with E-state index >= 15 is 0 Å². The molecular formula is C11H16N4. The van der Waals surface area contributed by atoms with Crippen LogP contribution in [0.3, 0.4) is 0 Å². The van der Waals surface area contributed by atoms with Gasteiger partial charge < -0.3 is 11.5 Å². The highest BCUT2D eigenvalue weighted by Gasteiger charge is 1.91. The summed E-state index contributed by atoms with van der Waals surface area (Å²) in [6.45, 7) is -1.48. The molecule has 0 aliphatic heterocycles. The molecule has 4 N–H and O–H groups in total.